The number of carbonyl (C=O) groups excluding carboxylic acids is 3. The molecule has 0 unspecified atom stereocenters. The summed E-state index contributed by atoms with van der Waals surface area (Å²) in [6, 6.07) is 2.39. The first-order valence-corrected chi connectivity index (χ1v) is 7.92. The van der Waals surface area contributed by atoms with Crippen LogP contribution in [0.25, 0.3) is 0 Å². The van der Waals surface area contributed by atoms with Gasteiger partial charge in [0.1, 0.15) is 11.5 Å². The van der Waals surface area contributed by atoms with E-state index in [2.05, 4.69) is 5.32 Å². The van der Waals surface area contributed by atoms with Crippen molar-refractivity contribution in [1.82, 2.24) is 0 Å². The third-order valence-electron chi connectivity index (χ3n) is 3.73. The number of halogens is 1. The third-order valence-corrected chi connectivity index (χ3v) is 3.73. The van der Waals surface area contributed by atoms with Gasteiger partial charge >= 0.3 is 11.9 Å². The molecule has 0 saturated heterocycles. The highest BCUT2D eigenvalue weighted by molar-refractivity contribution is 6.06. The minimum Gasteiger partial charge on any atom is -0.465 e. The van der Waals surface area contributed by atoms with E-state index in [9.17, 15) is 18.8 Å². The van der Waals surface area contributed by atoms with Crippen molar-refractivity contribution >= 4 is 29.2 Å². The highest BCUT2D eigenvalue weighted by Gasteiger charge is 2.29. The second-order valence-corrected chi connectivity index (χ2v) is 5.61. The number of aryl methyl sites for hydroxylation is 1. The summed E-state index contributed by atoms with van der Waals surface area (Å²) in [4.78, 5) is 37.5. The van der Waals surface area contributed by atoms with Crippen LogP contribution in [0.15, 0.2) is 47.8 Å². The van der Waals surface area contributed by atoms with Crippen LogP contribution in [-0.2, 0) is 23.9 Å². The van der Waals surface area contributed by atoms with Crippen LogP contribution >= 0.6 is 0 Å². The molecule has 0 atom stereocenters. The fourth-order valence-corrected chi connectivity index (χ4v) is 2.61. The van der Waals surface area contributed by atoms with E-state index in [0.717, 1.165) is 13.2 Å². The maximum absolute atomic E-state index is 14.1. The number of allylic oxidation sites excluding steroid dienone is 2. The van der Waals surface area contributed by atoms with E-state index in [4.69, 9.17) is 9.47 Å². The van der Waals surface area contributed by atoms with Gasteiger partial charge in [-0.15, -0.1) is 0 Å². The number of amides is 1. The number of carbonyl (C=O) groups is 3. The molecular formula is C19H19FN2O5. The Hall–Kier alpha value is -3.42. The average molecular weight is 374 g/mol. The molecule has 0 radical (unpaired) electrons. The van der Waals surface area contributed by atoms with Crippen molar-refractivity contribution in [3.8, 4) is 0 Å². The van der Waals surface area contributed by atoms with Gasteiger partial charge in [0, 0.05) is 19.2 Å². The Labute approximate surface area is 155 Å². The predicted molar refractivity (Wildman–Crippen MR) is 97.3 cm³/mol. The molecule has 0 spiro atoms. The summed E-state index contributed by atoms with van der Waals surface area (Å²) in [5.74, 6) is -2.55. The van der Waals surface area contributed by atoms with Crippen molar-refractivity contribution in [2.24, 2.45) is 0 Å². The molecular weight excluding hydrogens is 355 g/mol. The molecule has 0 aromatic heterocycles. The van der Waals surface area contributed by atoms with Gasteiger partial charge in [0.15, 0.2) is 0 Å². The van der Waals surface area contributed by atoms with Crippen molar-refractivity contribution in [3.63, 3.8) is 0 Å². The Morgan fingerprint density at radius 2 is 1.74 bits per heavy atom. The van der Waals surface area contributed by atoms with Gasteiger partial charge in [-0.3, -0.25) is 4.79 Å². The lowest BCUT2D eigenvalue weighted by Crippen LogP contribution is -2.28. The molecule has 27 heavy (non-hydrogen) atoms. The van der Waals surface area contributed by atoms with Gasteiger partial charge in [-0.05, 0) is 30.7 Å². The quantitative estimate of drug-likeness (QED) is 0.816. The van der Waals surface area contributed by atoms with Crippen molar-refractivity contribution < 1.29 is 28.2 Å². The van der Waals surface area contributed by atoms with Gasteiger partial charge < -0.3 is 19.7 Å². The second-order valence-electron chi connectivity index (χ2n) is 5.61. The summed E-state index contributed by atoms with van der Waals surface area (Å²) < 4.78 is 23.7. The van der Waals surface area contributed by atoms with Crippen LogP contribution in [0.4, 0.5) is 15.8 Å². The van der Waals surface area contributed by atoms with Crippen LogP contribution in [0, 0.1) is 12.7 Å². The zero-order valence-corrected chi connectivity index (χ0v) is 15.3. The summed E-state index contributed by atoms with van der Waals surface area (Å²) in [6.45, 7) is 2.92. The van der Waals surface area contributed by atoms with Crippen LogP contribution in [0.3, 0.4) is 0 Å². The summed E-state index contributed by atoms with van der Waals surface area (Å²) in [6.07, 6.45) is 5.92. The number of rotatable bonds is 4. The van der Waals surface area contributed by atoms with Gasteiger partial charge in [0.25, 0.3) is 0 Å². The Kier molecular flexibility index (Phi) is 6.12. The Balaban J connectivity index is 2.80. The Morgan fingerprint density at radius 3 is 2.33 bits per heavy atom. The van der Waals surface area contributed by atoms with Crippen LogP contribution < -0.4 is 10.2 Å². The first-order chi connectivity index (χ1) is 12.8. The maximum atomic E-state index is 14.1. The summed E-state index contributed by atoms with van der Waals surface area (Å²) >= 11 is 0. The summed E-state index contributed by atoms with van der Waals surface area (Å²) in [5.41, 5.74) is 0.635. The highest BCUT2D eigenvalue weighted by Crippen LogP contribution is 2.35. The molecule has 7 nitrogen and oxygen atoms in total. The van der Waals surface area contributed by atoms with Gasteiger partial charge in [-0.2, -0.15) is 0 Å². The van der Waals surface area contributed by atoms with Gasteiger partial charge in [-0.1, -0.05) is 6.08 Å². The van der Waals surface area contributed by atoms with E-state index < -0.39 is 17.8 Å². The highest BCUT2D eigenvalue weighted by atomic mass is 19.1. The number of esters is 2. The first-order valence-electron chi connectivity index (χ1n) is 7.92. The standard InChI is InChI=1S/C19H19FN2O5/c1-11-9-13(20)10-15(16(11)21-12(2)23)22-8-6-5-7-14(18(24)26-3)17(22)19(25)27-4/h5-10H,1-4H3,(H,21,23). The van der Waals surface area contributed by atoms with E-state index in [1.807, 2.05) is 0 Å². The number of anilines is 2. The van der Waals surface area contributed by atoms with Crippen molar-refractivity contribution in [3.05, 3.63) is 59.2 Å². The van der Waals surface area contributed by atoms with Crippen molar-refractivity contribution in [1.29, 1.82) is 0 Å². The lowest BCUT2D eigenvalue weighted by atomic mass is 10.1. The van der Waals surface area contributed by atoms with Gasteiger partial charge in [0.2, 0.25) is 5.91 Å². The minimum absolute atomic E-state index is 0.0787. The zero-order valence-electron chi connectivity index (χ0n) is 15.3. The molecule has 1 aliphatic heterocycles. The fourth-order valence-electron chi connectivity index (χ4n) is 2.61. The molecule has 142 valence electrons. The SMILES string of the molecule is COC(=O)C1=C(C(=O)OC)N(c2cc(F)cc(C)c2NC(C)=O)C=CC=C1. The van der Waals surface area contributed by atoms with Crippen LogP contribution in [0.5, 0.6) is 0 Å². The molecule has 0 aliphatic carbocycles. The van der Waals surface area contributed by atoms with Crippen LogP contribution in [0.2, 0.25) is 0 Å². The molecule has 1 aliphatic rings. The number of methoxy groups -OCH3 is 2. The number of benzene rings is 1. The maximum Gasteiger partial charge on any atom is 0.355 e. The third kappa shape index (κ3) is 4.22. The molecule has 1 aromatic rings. The number of nitrogens with zero attached hydrogens (tertiary/aromatic N) is 1. The summed E-state index contributed by atoms with van der Waals surface area (Å²) in [7, 11) is 2.34. The number of hydrogen-bond acceptors (Lipinski definition) is 6. The second kappa shape index (κ2) is 8.31. The largest absolute Gasteiger partial charge is 0.465 e. The number of hydrogen-bond donors (Lipinski definition) is 1. The molecule has 1 amide bonds. The minimum atomic E-state index is -0.831. The fraction of sp³-hybridized carbons (Fsp3) is 0.211. The first kappa shape index (κ1) is 19.9. The van der Waals surface area contributed by atoms with Gasteiger partial charge in [0.05, 0.1) is 31.2 Å². The average Bonchev–Trinajstić information content (AvgIpc) is 2.85. The number of ether oxygens (including phenoxy) is 2. The smallest absolute Gasteiger partial charge is 0.355 e. The molecule has 1 N–H and O–H groups in total. The lowest BCUT2D eigenvalue weighted by molar-refractivity contribution is -0.139. The Morgan fingerprint density at radius 1 is 1.07 bits per heavy atom. The summed E-state index contributed by atoms with van der Waals surface area (Å²) in [5, 5.41) is 2.63. The number of nitrogens with one attached hydrogen (secondary N) is 1. The van der Waals surface area contributed by atoms with E-state index in [0.29, 0.717) is 11.3 Å². The van der Waals surface area contributed by atoms with E-state index in [-0.39, 0.29) is 22.9 Å². The monoisotopic (exact) mass is 374 g/mol. The van der Waals surface area contributed by atoms with Crippen LogP contribution in [-0.4, -0.2) is 32.1 Å². The van der Waals surface area contributed by atoms with Crippen LogP contribution in [0.1, 0.15) is 12.5 Å². The zero-order chi connectivity index (χ0) is 20.1. The predicted octanol–water partition coefficient (Wildman–Crippen LogP) is 2.58. The van der Waals surface area contributed by atoms with Gasteiger partial charge in [-0.25, -0.2) is 14.0 Å². The lowest BCUT2D eigenvalue weighted by Gasteiger charge is -2.26. The van der Waals surface area contributed by atoms with E-state index in [1.54, 1.807) is 13.0 Å². The van der Waals surface area contributed by atoms with E-state index in [1.165, 1.54) is 43.4 Å². The molecule has 0 bridgehead atoms. The van der Waals surface area contributed by atoms with E-state index >= 15 is 0 Å². The molecule has 1 heterocycles. The van der Waals surface area contributed by atoms with Crippen molar-refractivity contribution in [2.75, 3.05) is 24.4 Å². The molecule has 2 rings (SSSR count). The topological polar surface area (TPSA) is 84.9 Å². The molecule has 8 heteroatoms. The molecule has 1 aromatic carbocycles. The Bertz CT molecular complexity index is 886. The molecule has 0 saturated carbocycles. The van der Waals surface area contributed by atoms with Crippen molar-refractivity contribution in [2.45, 2.75) is 13.8 Å². The normalized spacial score (nSPS) is 13.3. The molecule has 0 fully saturated rings.